The molecular weight excluding hydrogens is 232 g/mol. The zero-order valence-electron chi connectivity index (χ0n) is 10.9. The smallest absolute Gasteiger partial charge is 0.250 e. The number of carbonyl (C=O) groups excluding carboxylic acids is 1. The van der Waals surface area contributed by atoms with Crippen LogP contribution in [0, 0.1) is 6.92 Å². The molecule has 0 unspecified atom stereocenters. The van der Waals surface area contributed by atoms with Gasteiger partial charge >= 0.3 is 0 Å². The predicted molar refractivity (Wildman–Crippen MR) is 71.5 cm³/mol. The van der Waals surface area contributed by atoms with Crippen LogP contribution in [0.5, 0.6) is 0 Å². The van der Waals surface area contributed by atoms with Crippen LogP contribution in [0.25, 0.3) is 0 Å². The third kappa shape index (κ3) is 5.16. The van der Waals surface area contributed by atoms with E-state index in [1.807, 2.05) is 19.9 Å². The van der Waals surface area contributed by atoms with Gasteiger partial charge in [-0.2, -0.15) is 0 Å². The average Bonchev–Trinajstić information content (AvgIpc) is 2.32. The Balaban J connectivity index is 2.31. The van der Waals surface area contributed by atoms with Gasteiger partial charge in [-0.15, -0.1) is 0 Å². The number of nitrogen functional groups attached to an aromatic ring is 1. The number of aryl methyl sites for hydroxylation is 1. The van der Waals surface area contributed by atoms with Crippen molar-refractivity contribution in [3.8, 4) is 0 Å². The van der Waals surface area contributed by atoms with Crippen molar-refractivity contribution in [2.75, 3.05) is 37.5 Å². The van der Waals surface area contributed by atoms with Gasteiger partial charge in [0.2, 0.25) is 5.91 Å². The molecule has 0 aromatic heterocycles. The predicted octanol–water partition coefficient (Wildman–Crippen LogP) is 1.57. The minimum Gasteiger partial charge on any atom is -0.399 e. The van der Waals surface area contributed by atoms with Gasteiger partial charge in [-0.1, -0.05) is 0 Å². The summed E-state index contributed by atoms with van der Waals surface area (Å²) in [5.74, 6) is -0.181. The molecular formula is C13H20N2O3. The maximum atomic E-state index is 11.6. The first-order chi connectivity index (χ1) is 8.63. The van der Waals surface area contributed by atoms with Crippen molar-refractivity contribution in [1.82, 2.24) is 0 Å². The highest BCUT2D eigenvalue weighted by molar-refractivity contribution is 5.92. The van der Waals surface area contributed by atoms with E-state index in [1.54, 1.807) is 12.1 Å². The first-order valence-corrected chi connectivity index (χ1v) is 5.95. The summed E-state index contributed by atoms with van der Waals surface area (Å²) in [4.78, 5) is 11.6. The van der Waals surface area contributed by atoms with E-state index in [-0.39, 0.29) is 12.5 Å². The molecule has 5 heteroatoms. The highest BCUT2D eigenvalue weighted by Gasteiger charge is 2.04. The van der Waals surface area contributed by atoms with E-state index in [1.165, 1.54) is 0 Å². The lowest BCUT2D eigenvalue weighted by Crippen LogP contribution is -2.20. The van der Waals surface area contributed by atoms with Gasteiger partial charge in [-0.25, -0.2) is 0 Å². The molecule has 1 rings (SSSR count). The number of anilines is 2. The van der Waals surface area contributed by atoms with Crippen LogP contribution in [0.4, 0.5) is 11.4 Å². The second-order valence-corrected chi connectivity index (χ2v) is 3.87. The molecule has 0 heterocycles. The first-order valence-electron chi connectivity index (χ1n) is 5.95. The number of nitrogens with two attached hydrogens (primary N) is 1. The molecule has 1 aromatic carbocycles. The molecule has 0 spiro atoms. The maximum Gasteiger partial charge on any atom is 0.250 e. The van der Waals surface area contributed by atoms with Crippen LogP contribution in [0.1, 0.15) is 12.5 Å². The highest BCUT2D eigenvalue weighted by Crippen LogP contribution is 2.17. The van der Waals surface area contributed by atoms with E-state index < -0.39 is 0 Å². The first kappa shape index (κ1) is 14.5. The Morgan fingerprint density at radius 1 is 1.33 bits per heavy atom. The Bertz CT molecular complexity index is 394. The fraction of sp³-hybridized carbons (Fsp3) is 0.462. The number of amides is 1. The van der Waals surface area contributed by atoms with E-state index in [0.717, 1.165) is 11.3 Å². The molecule has 3 N–H and O–H groups in total. The number of nitrogens with one attached hydrogen (secondary N) is 1. The number of ether oxygens (including phenoxy) is 2. The summed E-state index contributed by atoms with van der Waals surface area (Å²) < 4.78 is 10.3. The highest BCUT2D eigenvalue weighted by atomic mass is 16.5. The Morgan fingerprint density at radius 2 is 2.06 bits per heavy atom. The summed E-state index contributed by atoms with van der Waals surface area (Å²) in [5, 5.41) is 2.77. The second-order valence-electron chi connectivity index (χ2n) is 3.87. The lowest BCUT2D eigenvalue weighted by atomic mass is 10.2. The van der Waals surface area contributed by atoms with Gasteiger partial charge in [0.05, 0.1) is 13.2 Å². The fourth-order valence-electron chi connectivity index (χ4n) is 1.44. The van der Waals surface area contributed by atoms with Gasteiger partial charge in [0, 0.05) is 18.0 Å². The molecule has 1 amide bonds. The SMILES string of the molecule is CCOCCOCC(=O)Nc1ccc(N)cc1C. The van der Waals surface area contributed by atoms with E-state index in [9.17, 15) is 4.79 Å². The number of rotatable bonds is 7. The van der Waals surface area contributed by atoms with Crippen LogP contribution >= 0.6 is 0 Å². The molecule has 0 atom stereocenters. The third-order valence-electron chi connectivity index (χ3n) is 2.33. The molecule has 0 saturated carbocycles. The van der Waals surface area contributed by atoms with Crippen LogP contribution in [0.2, 0.25) is 0 Å². The second kappa shape index (κ2) is 7.68. The van der Waals surface area contributed by atoms with E-state index in [4.69, 9.17) is 15.2 Å². The van der Waals surface area contributed by atoms with E-state index >= 15 is 0 Å². The number of hydrogen-bond donors (Lipinski definition) is 2. The summed E-state index contributed by atoms with van der Waals surface area (Å²) in [6.45, 7) is 5.41. The van der Waals surface area contributed by atoms with Crippen molar-refractivity contribution in [1.29, 1.82) is 0 Å². The molecule has 5 nitrogen and oxygen atoms in total. The summed E-state index contributed by atoms with van der Waals surface area (Å²) in [7, 11) is 0. The van der Waals surface area contributed by atoms with Crippen LogP contribution in [0.15, 0.2) is 18.2 Å². The minimum atomic E-state index is -0.181. The van der Waals surface area contributed by atoms with Gasteiger partial charge in [-0.05, 0) is 37.6 Å². The number of hydrogen-bond acceptors (Lipinski definition) is 4. The monoisotopic (exact) mass is 252 g/mol. The van der Waals surface area contributed by atoms with Gasteiger partial charge in [-0.3, -0.25) is 4.79 Å². The standard InChI is InChI=1S/C13H20N2O3/c1-3-17-6-7-18-9-13(16)15-12-5-4-11(14)8-10(12)2/h4-5,8H,3,6-7,9,14H2,1-2H3,(H,15,16). The largest absolute Gasteiger partial charge is 0.399 e. The molecule has 0 saturated heterocycles. The molecule has 0 aliphatic carbocycles. The van der Waals surface area contributed by atoms with Gasteiger partial charge in [0.15, 0.2) is 0 Å². The Labute approximate surface area is 107 Å². The maximum absolute atomic E-state index is 11.6. The normalized spacial score (nSPS) is 10.3. The summed E-state index contributed by atoms with van der Waals surface area (Å²) in [6, 6.07) is 5.34. The van der Waals surface area contributed by atoms with Gasteiger partial charge in [0.1, 0.15) is 6.61 Å². The van der Waals surface area contributed by atoms with Crippen molar-refractivity contribution in [3.63, 3.8) is 0 Å². The molecule has 0 bridgehead atoms. The summed E-state index contributed by atoms with van der Waals surface area (Å²) in [5.41, 5.74) is 7.99. The number of carbonyl (C=O) groups is 1. The average molecular weight is 252 g/mol. The van der Waals surface area contributed by atoms with Gasteiger partial charge in [0.25, 0.3) is 0 Å². The molecule has 18 heavy (non-hydrogen) atoms. The van der Waals surface area contributed by atoms with E-state index in [0.29, 0.717) is 25.5 Å². The van der Waals surface area contributed by atoms with Crippen LogP contribution in [-0.4, -0.2) is 32.3 Å². The molecule has 0 aliphatic rings. The topological polar surface area (TPSA) is 73.6 Å². The lowest BCUT2D eigenvalue weighted by molar-refractivity contribution is -0.121. The quantitative estimate of drug-likeness (QED) is 0.570. The molecule has 0 radical (unpaired) electrons. The molecule has 100 valence electrons. The Morgan fingerprint density at radius 3 is 2.72 bits per heavy atom. The number of benzene rings is 1. The van der Waals surface area contributed by atoms with Crippen LogP contribution < -0.4 is 11.1 Å². The van der Waals surface area contributed by atoms with Crippen molar-refractivity contribution in [3.05, 3.63) is 23.8 Å². The Hall–Kier alpha value is -1.59. The Kier molecular flexibility index (Phi) is 6.18. The van der Waals surface area contributed by atoms with Crippen LogP contribution in [-0.2, 0) is 14.3 Å². The summed E-state index contributed by atoms with van der Waals surface area (Å²) >= 11 is 0. The van der Waals surface area contributed by atoms with Crippen molar-refractivity contribution >= 4 is 17.3 Å². The van der Waals surface area contributed by atoms with Crippen molar-refractivity contribution < 1.29 is 14.3 Å². The van der Waals surface area contributed by atoms with E-state index in [2.05, 4.69) is 5.32 Å². The van der Waals surface area contributed by atoms with Crippen LogP contribution in [0.3, 0.4) is 0 Å². The summed E-state index contributed by atoms with van der Waals surface area (Å²) in [6.07, 6.45) is 0. The minimum absolute atomic E-state index is 0.0247. The molecule has 0 aliphatic heterocycles. The van der Waals surface area contributed by atoms with Crippen molar-refractivity contribution in [2.45, 2.75) is 13.8 Å². The zero-order valence-corrected chi connectivity index (χ0v) is 10.9. The van der Waals surface area contributed by atoms with Crippen molar-refractivity contribution in [2.24, 2.45) is 0 Å². The zero-order chi connectivity index (χ0) is 13.4. The fourth-order valence-corrected chi connectivity index (χ4v) is 1.44. The third-order valence-corrected chi connectivity index (χ3v) is 2.33. The molecule has 1 aromatic rings. The molecule has 0 fully saturated rings. The lowest BCUT2D eigenvalue weighted by Gasteiger charge is -2.09. The van der Waals surface area contributed by atoms with Gasteiger partial charge < -0.3 is 20.5 Å².